The summed E-state index contributed by atoms with van der Waals surface area (Å²) in [5.74, 6) is 0.613. The van der Waals surface area contributed by atoms with Gasteiger partial charge in [0, 0.05) is 0 Å². The molecule has 0 saturated heterocycles. The lowest BCUT2D eigenvalue weighted by Gasteiger charge is -2.24. The van der Waals surface area contributed by atoms with Crippen LogP contribution >= 0.6 is 0 Å². The van der Waals surface area contributed by atoms with E-state index < -0.39 is 0 Å². The third-order valence-corrected chi connectivity index (χ3v) is 2.91. The quantitative estimate of drug-likeness (QED) is 0.514. The van der Waals surface area contributed by atoms with Crippen LogP contribution in [0.15, 0.2) is 36.0 Å². The molecule has 1 saturated carbocycles. The molecule has 0 N–H and O–H groups in total. The fourth-order valence-corrected chi connectivity index (χ4v) is 2.14. The second-order valence-corrected chi connectivity index (χ2v) is 3.76. The lowest BCUT2D eigenvalue weighted by Crippen LogP contribution is -2.06. The largest absolute Gasteiger partial charge is 0.102 e. The van der Waals surface area contributed by atoms with Crippen molar-refractivity contribution >= 4 is 0 Å². The molecule has 0 nitrogen and oxygen atoms in total. The Morgan fingerprint density at radius 1 is 1.25 bits per heavy atom. The van der Waals surface area contributed by atoms with Crippen molar-refractivity contribution in [2.45, 2.75) is 32.1 Å². The van der Waals surface area contributed by atoms with Gasteiger partial charge in [0.25, 0.3) is 0 Å². The van der Waals surface area contributed by atoms with Crippen LogP contribution in [0.1, 0.15) is 32.1 Å². The van der Waals surface area contributed by atoms with Crippen molar-refractivity contribution in [2.24, 2.45) is 5.92 Å². The van der Waals surface area contributed by atoms with Gasteiger partial charge in [-0.15, -0.1) is 6.58 Å². The molecular formula is C12H16. The monoisotopic (exact) mass is 160 g/mol. The number of hydrogen-bond acceptors (Lipinski definition) is 0. The summed E-state index contributed by atoms with van der Waals surface area (Å²) >= 11 is 0. The molecule has 1 atom stereocenters. The maximum atomic E-state index is 3.85. The molecule has 12 heavy (non-hydrogen) atoms. The zero-order valence-corrected chi connectivity index (χ0v) is 7.55. The van der Waals surface area contributed by atoms with E-state index in [9.17, 15) is 0 Å². The lowest BCUT2D eigenvalue weighted by molar-refractivity contribution is 0.649. The van der Waals surface area contributed by atoms with Crippen LogP contribution in [0.3, 0.4) is 0 Å². The molecule has 2 aliphatic rings. The topological polar surface area (TPSA) is 0 Å². The molecule has 1 unspecified atom stereocenters. The van der Waals surface area contributed by atoms with Gasteiger partial charge < -0.3 is 0 Å². The van der Waals surface area contributed by atoms with Crippen LogP contribution in [-0.4, -0.2) is 0 Å². The highest BCUT2D eigenvalue weighted by Gasteiger charge is 2.16. The fourth-order valence-electron chi connectivity index (χ4n) is 2.14. The Labute approximate surface area is 74.7 Å². The van der Waals surface area contributed by atoms with Crippen LogP contribution in [-0.2, 0) is 0 Å². The van der Waals surface area contributed by atoms with E-state index in [-0.39, 0.29) is 0 Å². The Balaban J connectivity index is 2.18. The van der Waals surface area contributed by atoms with Crippen LogP contribution < -0.4 is 0 Å². The zero-order valence-electron chi connectivity index (χ0n) is 7.55. The molecule has 0 heteroatoms. The van der Waals surface area contributed by atoms with Gasteiger partial charge in [-0.2, -0.15) is 0 Å². The minimum atomic E-state index is 0.613. The van der Waals surface area contributed by atoms with E-state index in [1.54, 1.807) is 11.1 Å². The summed E-state index contributed by atoms with van der Waals surface area (Å²) in [6.45, 7) is 3.85. The molecule has 0 spiro atoms. The van der Waals surface area contributed by atoms with Gasteiger partial charge in [0.1, 0.15) is 0 Å². The maximum Gasteiger partial charge on any atom is -0.00155 e. The second kappa shape index (κ2) is 3.30. The Bertz CT molecular complexity index is 243. The van der Waals surface area contributed by atoms with Gasteiger partial charge in [0.15, 0.2) is 0 Å². The highest BCUT2D eigenvalue weighted by molar-refractivity contribution is 5.37. The van der Waals surface area contributed by atoms with Gasteiger partial charge in [0.05, 0.1) is 0 Å². The first-order chi connectivity index (χ1) is 5.90. The standard InChI is InChI=1S/C12H16/c1-2-10-7-8-11-5-3-4-6-12(11)9-10/h2,8-10H,1,3-7H2. The molecule has 2 aliphatic carbocycles. The van der Waals surface area contributed by atoms with Crippen molar-refractivity contribution in [3.63, 3.8) is 0 Å². The lowest BCUT2D eigenvalue weighted by atomic mass is 9.82. The van der Waals surface area contributed by atoms with Crippen molar-refractivity contribution in [1.82, 2.24) is 0 Å². The summed E-state index contributed by atoms with van der Waals surface area (Å²) in [5, 5.41) is 0. The van der Waals surface area contributed by atoms with Crippen LogP contribution in [0.5, 0.6) is 0 Å². The molecule has 0 aliphatic heterocycles. The summed E-state index contributed by atoms with van der Waals surface area (Å²) in [4.78, 5) is 0. The van der Waals surface area contributed by atoms with E-state index in [1.165, 1.54) is 32.1 Å². The van der Waals surface area contributed by atoms with Crippen molar-refractivity contribution in [3.8, 4) is 0 Å². The summed E-state index contributed by atoms with van der Waals surface area (Å²) in [6, 6.07) is 0. The molecule has 64 valence electrons. The van der Waals surface area contributed by atoms with E-state index >= 15 is 0 Å². The van der Waals surface area contributed by atoms with E-state index in [0.29, 0.717) is 5.92 Å². The van der Waals surface area contributed by atoms with Gasteiger partial charge in [-0.05, 0) is 49.2 Å². The number of rotatable bonds is 1. The predicted octanol–water partition coefficient (Wildman–Crippen LogP) is 3.62. The van der Waals surface area contributed by atoms with Crippen LogP contribution in [0.2, 0.25) is 0 Å². The highest BCUT2D eigenvalue weighted by Crippen LogP contribution is 2.34. The average molecular weight is 160 g/mol. The van der Waals surface area contributed by atoms with E-state index in [1.807, 2.05) is 0 Å². The van der Waals surface area contributed by atoms with Crippen molar-refractivity contribution in [1.29, 1.82) is 0 Å². The average Bonchev–Trinajstić information content (AvgIpc) is 2.17. The molecule has 0 radical (unpaired) electrons. The maximum absolute atomic E-state index is 3.85. The third-order valence-electron chi connectivity index (χ3n) is 2.91. The summed E-state index contributed by atoms with van der Waals surface area (Å²) in [7, 11) is 0. The Morgan fingerprint density at radius 3 is 2.75 bits per heavy atom. The molecule has 0 amide bonds. The molecule has 0 heterocycles. The first-order valence-electron chi connectivity index (χ1n) is 4.93. The highest BCUT2D eigenvalue weighted by atomic mass is 14.2. The van der Waals surface area contributed by atoms with Gasteiger partial charge in [-0.1, -0.05) is 18.2 Å². The Kier molecular flexibility index (Phi) is 2.16. The molecular weight excluding hydrogens is 144 g/mol. The Morgan fingerprint density at radius 2 is 2.00 bits per heavy atom. The first kappa shape index (κ1) is 7.85. The van der Waals surface area contributed by atoms with E-state index in [0.717, 1.165) is 0 Å². The minimum absolute atomic E-state index is 0.613. The molecule has 0 aromatic carbocycles. The van der Waals surface area contributed by atoms with Gasteiger partial charge in [-0.25, -0.2) is 0 Å². The van der Waals surface area contributed by atoms with Crippen molar-refractivity contribution in [2.75, 3.05) is 0 Å². The summed E-state index contributed by atoms with van der Waals surface area (Å²) in [6.07, 6.45) is 13.5. The first-order valence-corrected chi connectivity index (χ1v) is 4.93. The normalized spacial score (nSPS) is 28.5. The second-order valence-electron chi connectivity index (χ2n) is 3.76. The predicted molar refractivity (Wildman–Crippen MR) is 52.9 cm³/mol. The third kappa shape index (κ3) is 1.38. The van der Waals surface area contributed by atoms with Crippen LogP contribution in [0.4, 0.5) is 0 Å². The fraction of sp³-hybridized carbons (Fsp3) is 0.500. The SMILES string of the molecule is C=CC1C=C2CCCCC2=CC1. The smallest absolute Gasteiger partial charge is 0.00155 e. The molecule has 1 fully saturated rings. The van der Waals surface area contributed by atoms with E-state index in [4.69, 9.17) is 0 Å². The number of hydrogen-bond donors (Lipinski definition) is 0. The molecule has 2 rings (SSSR count). The van der Waals surface area contributed by atoms with Gasteiger partial charge >= 0.3 is 0 Å². The minimum Gasteiger partial charge on any atom is -0.102 e. The van der Waals surface area contributed by atoms with Gasteiger partial charge in [0.2, 0.25) is 0 Å². The van der Waals surface area contributed by atoms with Crippen molar-refractivity contribution in [3.05, 3.63) is 36.0 Å². The number of fused-ring (bicyclic) bond motifs is 1. The van der Waals surface area contributed by atoms with Crippen LogP contribution in [0.25, 0.3) is 0 Å². The van der Waals surface area contributed by atoms with Crippen LogP contribution in [0, 0.1) is 5.92 Å². The van der Waals surface area contributed by atoms with Gasteiger partial charge in [-0.3, -0.25) is 0 Å². The molecule has 0 aromatic rings. The summed E-state index contributed by atoms with van der Waals surface area (Å²) < 4.78 is 0. The summed E-state index contributed by atoms with van der Waals surface area (Å²) in [5.41, 5.74) is 3.23. The van der Waals surface area contributed by atoms with E-state index in [2.05, 4.69) is 24.8 Å². The molecule has 0 aromatic heterocycles. The zero-order chi connectivity index (χ0) is 8.39. The number of allylic oxidation sites excluding steroid dienone is 5. The molecule has 0 bridgehead atoms. The Hall–Kier alpha value is -0.780. The van der Waals surface area contributed by atoms with Crippen molar-refractivity contribution < 1.29 is 0 Å².